The van der Waals surface area contributed by atoms with Gasteiger partial charge in [-0.1, -0.05) is 30.4 Å². The molecule has 4 heterocycles. The van der Waals surface area contributed by atoms with E-state index >= 15 is 0 Å². The van der Waals surface area contributed by atoms with Crippen molar-refractivity contribution in [2.45, 2.75) is 25.9 Å². The van der Waals surface area contributed by atoms with Gasteiger partial charge < -0.3 is 10.6 Å². The number of rotatable bonds is 3. The van der Waals surface area contributed by atoms with E-state index in [1.807, 2.05) is 10.9 Å². The van der Waals surface area contributed by atoms with Crippen LogP contribution in [-0.2, 0) is 25.9 Å². The third-order valence-corrected chi connectivity index (χ3v) is 6.25. The molecular formula is C24H23N7. The molecule has 4 aromatic rings. The molecule has 1 aliphatic heterocycles. The molecule has 0 bridgehead atoms. The number of hydrogen-bond acceptors (Lipinski definition) is 6. The molecule has 1 aromatic carbocycles. The molecule has 0 amide bonds. The third kappa shape index (κ3) is 3.09. The average Bonchev–Trinajstić information content (AvgIpc) is 3.39. The van der Waals surface area contributed by atoms with Gasteiger partial charge in [0.2, 0.25) is 0 Å². The van der Waals surface area contributed by atoms with Crippen LogP contribution in [0.5, 0.6) is 0 Å². The zero-order chi connectivity index (χ0) is 20.9. The van der Waals surface area contributed by atoms with Gasteiger partial charge in [0, 0.05) is 31.3 Å². The second kappa shape index (κ2) is 6.99. The Bertz CT molecular complexity index is 1350. The van der Waals surface area contributed by atoms with Crippen LogP contribution in [0.25, 0.3) is 28.4 Å². The van der Waals surface area contributed by atoms with Crippen molar-refractivity contribution >= 4 is 22.9 Å². The van der Waals surface area contributed by atoms with Gasteiger partial charge in [-0.15, -0.1) is 0 Å². The molecule has 2 N–H and O–H groups in total. The number of likely N-dealkylation sites (N-methyl/N-ethyl adjacent to an activating group) is 1. The van der Waals surface area contributed by atoms with Crippen LogP contribution in [0.1, 0.15) is 27.9 Å². The number of anilines is 1. The lowest BCUT2D eigenvalue weighted by Crippen LogP contribution is -2.26. The van der Waals surface area contributed by atoms with Crippen molar-refractivity contribution in [3.63, 3.8) is 0 Å². The molecule has 6 rings (SSSR count). The first-order valence-electron chi connectivity index (χ1n) is 10.6. The zero-order valence-corrected chi connectivity index (χ0v) is 17.4. The Balaban J connectivity index is 1.43. The fourth-order valence-electron chi connectivity index (χ4n) is 4.61. The number of fused-ring (bicyclic) bond motifs is 3. The normalized spacial score (nSPS) is 15.4. The maximum atomic E-state index is 6.27. The van der Waals surface area contributed by atoms with Crippen LogP contribution in [-0.4, -0.2) is 43.2 Å². The van der Waals surface area contributed by atoms with Gasteiger partial charge in [0.1, 0.15) is 17.8 Å². The van der Waals surface area contributed by atoms with Crippen LogP contribution in [0.15, 0.2) is 42.9 Å². The van der Waals surface area contributed by atoms with Gasteiger partial charge in [-0.05, 0) is 41.8 Å². The molecule has 0 unspecified atom stereocenters. The Labute approximate surface area is 180 Å². The molecule has 31 heavy (non-hydrogen) atoms. The number of nitrogens with two attached hydrogens (primary N) is 1. The van der Waals surface area contributed by atoms with E-state index in [0.29, 0.717) is 12.4 Å². The lowest BCUT2D eigenvalue weighted by Gasteiger charge is -2.25. The first kappa shape index (κ1) is 18.2. The Morgan fingerprint density at radius 1 is 1.10 bits per heavy atom. The topological polar surface area (TPSA) is 85.8 Å². The minimum atomic E-state index is 0.441. The largest absolute Gasteiger partial charge is 0.383 e. The Kier molecular flexibility index (Phi) is 4.11. The summed E-state index contributed by atoms with van der Waals surface area (Å²) < 4.78 is 1.93. The highest BCUT2D eigenvalue weighted by Gasteiger charge is 2.20. The molecule has 0 saturated carbocycles. The predicted molar refractivity (Wildman–Crippen MR) is 121 cm³/mol. The summed E-state index contributed by atoms with van der Waals surface area (Å²) in [6.07, 6.45) is 9.57. The standard InChI is InChI=1S/C24H23N7/c1-30-8-7-16-9-15(5-6-18(16)13-30)12-31-24-21(23(25)27-14-28-24)22(29-31)19-10-17-3-2-4-20(17)26-11-19/h2-3,5-6,9-11,14H,4,7-8,12-13H2,1H3,(H2,25,27,28). The van der Waals surface area contributed by atoms with Crippen molar-refractivity contribution in [3.05, 3.63) is 70.8 Å². The molecular weight excluding hydrogens is 386 g/mol. The summed E-state index contributed by atoms with van der Waals surface area (Å²) >= 11 is 0. The fourth-order valence-corrected chi connectivity index (χ4v) is 4.61. The van der Waals surface area contributed by atoms with Crippen LogP contribution in [0.3, 0.4) is 0 Å². The van der Waals surface area contributed by atoms with Gasteiger partial charge in [-0.2, -0.15) is 5.10 Å². The quantitative estimate of drug-likeness (QED) is 0.560. The van der Waals surface area contributed by atoms with Crippen molar-refractivity contribution in [1.82, 2.24) is 29.6 Å². The van der Waals surface area contributed by atoms with E-state index in [4.69, 9.17) is 10.8 Å². The van der Waals surface area contributed by atoms with Crippen molar-refractivity contribution in [3.8, 4) is 11.3 Å². The number of nitrogens with zero attached hydrogens (tertiary/aromatic N) is 6. The summed E-state index contributed by atoms with van der Waals surface area (Å²) in [5.41, 5.74) is 15.0. The van der Waals surface area contributed by atoms with E-state index in [1.54, 1.807) is 0 Å². The molecule has 1 aliphatic carbocycles. The van der Waals surface area contributed by atoms with Crippen molar-refractivity contribution < 1.29 is 0 Å². The maximum Gasteiger partial charge on any atom is 0.164 e. The highest BCUT2D eigenvalue weighted by molar-refractivity contribution is 5.98. The van der Waals surface area contributed by atoms with E-state index in [9.17, 15) is 0 Å². The predicted octanol–water partition coefficient (Wildman–Crippen LogP) is 3.08. The van der Waals surface area contributed by atoms with Crippen LogP contribution in [0.2, 0.25) is 0 Å². The van der Waals surface area contributed by atoms with E-state index in [2.05, 4.69) is 63.3 Å². The second-order valence-corrected chi connectivity index (χ2v) is 8.42. The van der Waals surface area contributed by atoms with Crippen molar-refractivity contribution in [2.75, 3.05) is 19.3 Å². The summed E-state index contributed by atoms with van der Waals surface area (Å²) in [6.45, 7) is 2.73. The molecule has 0 atom stereocenters. The van der Waals surface area contributed by atoms with Gasteiger partial charge >= 0.3 is 0 Å². The highest BCUT2D eigenvalue weighted by atomic mass is 15.3. The third-order valence-electron chi connectivity index (χ3n) is 6.25. The van der Waals surface area contributed by atoms with Crippen molar-refractivity contribution in [1.29, 1.82) is 0 Å². The average molecular weight is 409 g/mol. The summed E-state index contributed by atoms with van der Waals surface area (Å²) in [4.78, 5) is 15.7. The molecule has 0 radical (unpaired) electrons. The molecule has 0 saturated heterocycles. The number of hydrogen-bond donors (Lipinski definition) is 1. The van der Waals surface area contributed by atoms with E-state index in [-0.39, 0.29) is 0 Å². The van der Waals surface area contributed by atoms with Crippen molar-refractivity contribution in [2.24, 2.45) is 0 Å². The molecule has 7 heteroatoms. The van der Waals surface area contributed by atoms with Gasteiger partial charge in [0.25, 0.3) is 0 Å². The minimum absolute atomic E-state index is 0.441. The lowest BCUT2D eigenvalue weighted by atomic mass is 9.97. The maximum absolute atomic E-state index is 6.27. The van der Waals surface area contributed by atoms with E-state index in [0.717, 1.165) is 59.5 Å². The monoisotopic (exact) mass is 409 g/mol. The van der Waals surface area contributed by atoms with Gasteiger partial charge in [-0.25, -0.2) is 14.6 Å². The number of nitrogen functional groups attached to an aromatic ring is 1. The molecule has 7 nitrogen and oxygen atoms in total. The van der Waals surface area contributed by atoms with Gasteiger partial charge in [-0.3, -0.25) is 4.98 Å². The first-order valence-corrected chi connectivity index (χ1v) is 10.6. The second-order valence-electron chi connectivity index (χ2n) is 8.42. The van der Waals surface area contributed by atoms with Crippen LogP contribution in [0, 0.1) is 0 Å². The lowest BCUT2D eigenvalue weighted by molar-refractivity contribution is 0.313. The molecule has 0 spiro atoms. The number of benzene rings is 1. The van der Waals surface area contributed by atoms with E-state index in [1.165, 1.54) is 23.0 Å². The Morgan fingerprint density at radius 2 is 2.03 bits per heavy atom. The molecule has 0 fully saturated rings. The Hall–Kier alpha value is -3.58. The fraction of sp³-hybridized carbons (Fsp3) is 0.250. The number of aromatic nitrogens is 5. The molecule has 2 aliphatic rings. The molecule has 3 aromatic heterocycles. The van der Waals surface area contributed by atoms with E-state index < -0.39 is 0 Å². The van der Waals surface area contributed by atoms with Crippen LogP contribution < -0.4 is 5.73 Å². The summed E-state index contributed by atoms with van der Waals surface area (Å²) in [5, 5.41) is 5.71. The zero-order valence-electron chi connectivity index (χ0n) is 17.4. The van der Waals surface area contributed by atoms with Gasteiger partial charge in [0.15, 0.2) is 5.65 Å². The molecule has 154 valence electrons. The smallest absolute Gasteiger partial charge is 0.164 e. The van der Waals surface area contributed by atoms with Crippen LogP contribution >= 0.6 is 0 Å². The Morgan fingerprint density at radius 3 is 2.97 bits per heavy atom. The van der Waals surface area contributed by atoms with Crippen LogP contribution in [0.4, 0.5) is 5.82 Å². The SMILES string of the molecule is CN1CCc2cc(Cn3nc(-c4cnc5c(c4)C=CC5)c4c(N)ncnc43)ccc2C1. The number of allylic oxidation sites excluding steroid dienone is 1. The number of pyridine rings is 1. The summed E-state index contributed by atoms with van der Waals surface area (Å²) in [7, 11) is 2.17. The first-order chi connectivity index (χ1) is 15.2. The minimum Gasteiger partial charge on any atom is -0.383 e. The van der Waals surface area contributed by atoms with Gasteiger partial charge in [0.05, 0.1) is 17.6 Å². The summed E-state index contributed by atoms with van der Waals surface area (Å²) in [5.74, 6) is 0.441. The highest BCUT2D eigenvalue weighted by Crippen LogP contribution is 2.32. The summed E-state index contributed by atoms with van der Waals surface area (Å²) in [6, 6.07) is 8.87.